The fraction of sp³-hybridized carbons (Fsp3) is 0.0455. The molecule has 0 aliphatic rings. The molecule has 1 N–H and O–H groups in total. The molecule has 4 rings (SSSR count). The van der Waals surface area contributed by atoms with Crippen LogP contribution in [-0.2, 0) is 0 Å². The highest BCUT2D eigenvalue weighted by atomic mass is 35.5. The van der Waals surface area contributed by atoms with E-state index in [1.165, 1.54) is 0 Å². The van der Waals surface area contributed by atoms with Crippen molar-refractivity contribution in [2.24, 2.45) is 0 Å². The maximum absolute atomic E-state index is 11.2. The van der Waals surface area contributed by atoms with Crippen molar-refractivity contribution in [3.8, 4) is 22.5 Å². The fourth-order valence-electron chi connectivity index (χ4n) is 3.11. The fourth-order valence-corrected chi connectivity index (χ4v) is 3.81. The number of aromatic nitrogens is 1. The molecule has 0 unspecified atom stereocenters. The highest BCUT2D eigenvalue weighted by Crippen LogP contribution is 2.43. The first-order valence-corrected chi connectivity index (χ1v) is 9.58. The van der Waals surface area contributed by atoms with Crippen molar-refractivity contribution in [3.63, 3.8) is 0 Å². The lowest BCUT2D eigenvalue weighted by Crippen LogP contribution is -2.02. The lowest BCUT2D eigenvalue weighted by molar-refractivity contribution is 0.220. The molecule has 4 aromatic rings. The molecule has 28 heavy (non-hydrogen) atoms. The van der Waals surface area contributed by atoms with Gasteiger partial charge in [-0.1, -0.05) is 59.1 Å². The van der Waals surface area contributed by atoms with Gasteiger partial charge in [0.25, 0.3) is 0 Å². The third-order valence-corrected chi connectivity index (χ3v) is 5.19. The molecular weight excluding hydrogens is 417 g/mol. The van der Waals surface area contributed by atoms with E-state index in [1.54, 1.807) is 61.1 Å². The van der Waals surface area contributed by atoms with E-state index in [1.807, 2.05) is 12.1 Å². The van der Waals surface area contributed by atoms with Gasteiger partial charge in [0.2, 0.25) is 0 Å². The topological polar surface area (TPSA) is 46.3 Å². The molecule has 0 fully saturated rings. The van der Waals surface area contributed by atoms with E-state index in [4.69, 9.17) is 39.2 Å². The van der Waals surface area contributed by atoms with E-state index < -0.39 is 6.10 Å². The van der Waals surface area contributed by atoms with Gasteiger partial charge < -0.3 is 9.52 Å². The van der Waals surface area contributed by atoms with Crippen molar-refractivity contribution in [1.82, 2.24) is 4.98 Å². The molecule has 0 spiro atoms. The maximum Gasteiger partial charge on any atom is 0.140 e. The normalized spacial score (nSPS) is 12.1. The summed E-state index contributed by atoms with van der Waals surface area (Å²) >= 11 is 18.6. The van der Waals surface area contributed by atoms with Crippen LogP contribution in [0.25, 0.3) is 22.5 Å². The van der Waals surface area contributed by atoms with Crippen LogP contribution < -0.4 is 0 Å². The molecule has 140 valence electrons. The van der Waals surface area contributed by atoms with E-state index in [0.29, 0.717) is 43.1 Å². The number of furan rings is 1. The zero-order chi connectivity index (χ0) is 19.7. The zero-order valence-electron chi connectivity index (χ0n) is 14.4. The standard InChI is InChI=1S/C22H14Cl3NO2/c23-15-5-1-3-13(9-15)22-20(21(27)14-4-2-8-26-11-14)18(12-28-22)17-7-6-16(24)10-19(17)25/h1-12,21,27H/t21-/m1/s1. The van der Waals surface area contributed by atoms with Crippen LogP contribution in [0.3, 0.4) is 0 Å². The zero-order valence-corrected chi connectivity index (χ0v) is 16.7. The summed E-state index contributed by atoms with van der Waals surface area (Å²) in [5, 5.41) is 12.7. The summed E-state index contributed by atoms with van der Waals surface area (Å²) in [5.41, 5.74) is 3.36. The number of hydrogen-bond acceptors (Lipinski definition) is 3. The van der Waals surface area contributed by atoms with Crippen LogP contribution in [0.4, 0.5) is 0 Å². The van der Waals surface area contributed by atoms with Crippen molar-refractivity contribution < 1.29 is 9.52 Å². The van der Waals surface area contributed by atoms with Crippen LogP contribution in [-0.4, -0.2) is 10.1 Å². The van der Waals surface area contributed by atoms with Gasteiger partial charge in [-0.15, -0.1) is 0 Å². The maximum atomic E-state index is 11.2. The Labute approximate surface area is 177 Å². The largest absolute Gasteiger partial charge is 0.463 e. The first kappa shape index (κ1) is 19.0. The highest BCUT2D eigenvalue weighted by Gasteiger charge is 2.25. The predicted octanol–water partition coefficient (Wildman–Crippen LogP) is 7.05. The second-order valence-corrected chi connectivity index (χ2v) is 7.50. The number of hydrogen-bond donors (Lipinski definition) is 1. The lowest BCUT2D eigenvalue weighted by Gasteiger charge is -2.15. The quantitative estimate of drug-likeness (QED) is 0.377. The number of rotatable bonds is 4. The molecule has 2 heterocycles. The van der Waals surface area contributed by atoms with Crippen molar-refractivity contribution in [2.45, 2.75) is 6.10 Å². The van der Waals surface area contributed by atoms with Crippen LogP contribution in [0.2, 0.25) is 15.1 Å². The van der Waals surface area contributed by atoms with Gasteiger partial charge in [-0.05, 0) is 30.3 Å². The average molecular weight is 431 g/mol. The number of nitrogens with zero attached hydrogens (tertiary/aromatic N) is 1. The van der Waals surface area contributed by atoms with Crippen LogP contribution in [0.5, 0.6) is 0 Å². The Balaban J connectivity index is 1.94. The van der Waals surface area contributed by atoms with Gasteiger partial charge >= 0.3 is 0 Å². The molecule has 2 aromatic carbocycles. The number of benzene rings is 2. The van der Waals surface area contributed by atoms with Gasteiger partial charge in [0.05, 0.1) is 6.26 Å². The van der Waals surface area contributed by atoms with E-state index >= 15 is 0 Å². The predicted molar refractivity (Wildman–Crippen MR) is 113 cm³/mol. The van der Waals surface area contributed by atoms with Crippen molar-refractivity contribution in [2.75, 3.05) is 0 Å². The molecule has 2 aromatic heterocycles. The van der Waals surface area contributed by atoms with Crippen LogP contribution in [0.15, 0.2) is 77.7 Å². The Morgan fingerprint density at radius 3 is 2.43 bits per heavy atom. The summed E-state index contributed by atoms with van der Waals surface area (Å²) in [4.78, 5) is 4.11. The summed E-state index contributed by atoms with van der Waals surface area (Å²) in [6.07, 6.45) is 3.89. The van der Waals surface area contributed by atoms with Crippen molar-refractivity contribution in [1.29, 1.82) is 0 Å². The summed E-state index contributed by atoms with van der Waals surface area (Å²) in [5.74, 6) is 0.514. The summed E-state index contributed by atoms with van der Waals surface area (Å²) in [6, 6.07) is 16.0. The molecule has 0 saturated heterocycles. The molecule has 0 amide bonds. The monoisotopic (exact) mass is 429 g/mol. The number of aliphatic hydroxyl groups excluding tert-OH is 1. The molecule has 0 bridgehead atoms. The van der Waals surface area contributed by atoms with E-state index in [9.17, 15) is 5.11 Å². The van der Waals surface area contributed by atoms with Gasteiger partial charge in [-0.25, -0.2) is 0 Å². The van der Waals surface area contributed by atoms with Crippen molar-refractivity contribution in [3.05, 3.63) is 99.4 Å². The molecule has 0 aliphatic carbocycles. The van der Waals surface area contributed by atoms with Crippen molar-refractivity contribution >= 4 is 34.8 Å². The SMILES string of the molecule is O[C@H](c1cccnc1)c1c(-c2ccc(Cl)cc2Cl)coc1-c1cccc(Cl)c1. The van der Waals surface area contributed by atoms with Gasteiger partial charge in [-0.3, -0.25) is 4.98 Å². The Morgan fingerprint density at radius 1 is 0.893 bits per heavy atom. The van der Waals surface area contributed by atoms with E-state index in [-0.39, 0.29) is 0 Å². The van der Waals surface area contributed by atoms with E-state index in [2.05, 4.69) is 4.98 Å². The highest BCUT2D eigenvalue weighted by molar-refractivity contribution is 6.36. The van der Waals surface area contributed by atoms with Gasteiger partial charge in [-0.2, -0.15) is 0 Å². The first-order valence-electron chi connectivity index (χ1n) is 8.45. The average Bonchev–Trinajstić information content (AvgIpc) is 3.13. The first-order chi connectivity index (χ1) is 13.5. The Kier molecular flexibility index (Phi) is 5.42. The molecule has 6 heteroatoms. The Bertz CT molecular complexity index is 1130. The van der Waals surface area contributed by atoms with Gasteiger partial charge in [0.1, 0.15) is 11.9 Å². The summed E-state index contributed by atoms with van der Waals surface area (Å²) in [6.45, 7) is 0. The third kappa shape index (κ3) is 3.67. The molecule has 3 nitrogen and oxygen atoms in total. The van der Waals surface area contributed by atoms with Crippen LogP contribution >= 0.6 is 34.8 Å². The summed E-state index contributed by atoms with van der Waals surface area (Å²) < 4.78 is 5.89. The smallest absolute Gasteiger partial charge is 0.140 e. The van der Waals surface area contributed by atoms with Crippen LogP contribution in [0, 0.1) is 0 Å². The minimum atomic E-state index is -0.969. The molecule has 0 saturated carbocycles. The minimum Gasteiger partial charge on any atom is -0.463 e. The van der Waals surface area contributed by atoms with Crippen LogP contribution in [0.1, 0.15) is 17.2 Å². The minimum absolute atomic E-state index is 0.464. The molecule has 0 radical (unpaired) electrons. The number of aliphatic hydroxyl groups is 1. The van der Waals surface area contributed by atoms with Gasteiger partial charge in [0, 0.05) is 55.3 Å². The molecule has 0 aliphatic heterocycles. The van der Waals surface area contributed by atoms with Gasteiger partial charge in [0.15, 0.2) is 0 Å². The second kappa shape index (κ2) is 7.98. The molecular formula is C22H14Cl3NO2. The lowest BCUT2D eigenvalue weighted by atomic mass is 9.93. The summed E-state index contributed by atoms with van der Waals surface area (Å²) in [7, 11) is 0. The second-order valence-electron chi connectivity index (χ2n) is 6.22. The number of halogens is 3. The third-order valence-electron chi connectivity index (χ3n) is 4.41. The van der Waals surface area contributed by atoms with E-state index in [0.717, 1.165) is 5.56 Å². The Morgan fingerprint density at radius 2 is 1.71 bits per heavy atom. The molecule has 1 atom stereocenters. The number of pyridine rings is 1. The Hall–Kier alpha value is -2.30.